The Labute approximate surface area is 160 Å². The van der Waals surface area contributed by atoms with Crippen LogP contribution in [-0.2, 0) is 11.3 Å². The van der Waals surface area contributed by atoms with Crippen LogP contribution in [0.15, 0.2) is 42.6 Å². The van der Waals surface area contributed by atoms with Gasteiger partial charge in [0.1, 0.15) is 22.2 Å². The second-order valence-corrected chi connectivity index (χ2v) is 7.35. The van der Waals surface area contributed by atoms with Crippen molar-refractivity contribution in [3.8, 4) is 10.9 Å². The van der Waals surface area contributed by atoms with Crippen LogP contribution in [0, 0.1) is 0 Å². The lowest BCUT2D eigenvalue weighted by Gasteiger charge is -2.31. The highest BCUT2D eigenvalue weighted by atomic mass is 32.1. The molecule has 1 N–H and O–H groups in total. The summed E-state index contributed by atoms with van der Waals surface area (Å²) in [5.74, 6) is 0.742. The van der Waals surface area contributed by atoms with E-state index < -0.39 is 6.16 Å². The van der Waals surface area contributed by atoms with Crippen molar-refractivity contribution >= 4 is 27.8 Å². The Balaban J connectivity index is 1.32. The number of carboxylic acid groups (broad SMARTS) is 1. The molecule has 0 amide bonds. The van der Waals surface area contributed by atoms with Crippen molar-refractivity contribution in [3.63, 3.8) is 0 Å². The second kappa shape index (κ2) is 7.89. The summed E-state index contributed by atoms with van der Waals surface area (Å²) in [5.41, 5.74) is 2.02. The van der Waals surface area contributed by atoms with Gasteiger partial charge < -0.3 is 14.6 Å². The topological polar surface area (TPSA) is 84.8 Å². The molecule has 0 unspecified atom stereocenters. The normalized spacial score (nSPS) is 15.7. The summed E-state index contributed by atoms with van der Waals surface area (Å²) in [6.45, 7) is 2.48. The Morgan fingerprint density at radius 1 is 1.22 bits per heavy atom. The second-order valence-electron chi connectivity index (χ2n) is 6.41. The first kappa shape index (κ1) is 17.7. The van der Waals surface area contributed by atoms with Gasteiger partial charge in [0.05, 0.1) is 0 Å². The summed E-state index contributed by atoms with van der Waals surface area (Å²) in [5, 5.41) is 9.27. The van der Waals surface area contributed by atoms with Crippen LogP contribution in [0.3, 0.4) is 0 Å². The predicted molar refractivity (Wildman–Crippen MR) is 101 cm³/mol. The molecule has 8 heteroatoms. The molecule has 4 rings (SSSR count). The maximum absolute atomic E-state index is 10.6. The predicted octanol–water partition coefficient (Wildman–Crippen LogP) is 4.14. The molecular formula is C19H19N3O4S. The number of aromatic nitrogens is 2. The molecule has 27 heavy (non-hydrogen) atoms. The lowest BCUT2D eigenvalue weighted by molar-refractivity contribution is 0.0185. The number of likely N-dealkylation sites (tertiary alicyclic amines) is 1. The van der Waals surface area contributed by atoms with Gasteiger partial charge in [0, 0.05) is 25.8 Å². The quantitative estimate of drug-likeness (QED) is 0.661. The van der Waals surface area contributed by atoms with Crippen LogP contribution in [0.1, 0.15) is 18.4 Å². The van der Waals surface area contributed by atoms with Crippen molar-refractivity contribution in [2.75, 3.05) is 13.1 Å². The molecule has 0 saturated carbocycles. The minimum Gasteiger partial charge on any atom is -0.450 e. The summed E-state index contributed by atoms with van der Waals surface area (Å²) in [6.07, 6.45) is 1.85. The van der Waals surface area contributed by atoms with Crippen molar-refractivity contribution in [3.05, 3.63) is 48.2 Å². The molecule has 140 valence electrons. The molecular weight excluding hydrogens is 366 g/mol. The van der Waals surface area contributed by atoms with Gasteiger partial charge in [-0.3, -0.25) is 4.90 Å². The molecule has 1 saturated heterocycles. The number of piperidine rings is 1. The van der Waals surface area contributed by atoms with Crippen LogP contribution in [0.25, 0.3) is 10.3 Å². The van der Waals surface area contributed by atoms with E-state index in [4.69, 9.17) is 14.6 Å². The molecule has 1 fully saturated rings. The third-order valence-electron chi connectivity index (χ3n) is 4.48. The van der Waals surface area contributed by atoms with Gasteiger partial charge in [-0.05, 0) is 42.7 Å². The Morgan fingerprint density at radius 3 is 2.70 bits per heavy atom. The lowest BCUT2D eigenvalue weighted by atomic mass is 10.1. The number of pyridine rings is 1. The van der Waals surface area contributed by atoms with Crippen LogP contribution in [0.4, 0.5) is 4.79 Å². The Kier molecular flexibility index (Phi) is 5.17. The zero-order chi connectivity index (χ0) is 18.6. The molecule has 3 heterocycles. The number of ether oxygens (including phenoxy) is 2. The summed E-state index contributed by atoms with van der Waals surface area (Å²) in [7, 11) is 0. The first-order valence-electron chi connectivity index (χ1n) is 8.76. The summed E-state index contributed by atoms with van der Waals surface area (Å²) < 4.78 is 10.7. The smallest absolute Gasteiger partial charge is 0.450 e. The van der Waals surface area contributed by atoms with E-state index in [1.54, 1.807) is 6.20 Å². The van der Waals surface area contributed by atoms with Gasteiger partial charge in [-0.15, -0.1) is 0 Å². The van der Waals surface area contributed by atoms with E-state index in [-0.39, 0.29) is 6.10 Å². The maximum Gasteiger partial charge on any atom is 0.506 e. The fourth-order valence-electron chi connectivity index (χ4n) is 3.14. The van der Waals surface area contributed by atoms with Crippen molar-refractivity contribution in [1.82, 2.24) is 14.9 Å². The standard InChI is InChI=1S/C19H19N3O4S/c23-19(24)26-15-7-10-22(11-8-15)12-13-3-5-14(6-4-13)25-18-21-16-2-1-9-20-17(16)27-18/h1-6,9,15H,7-8,10-12H2,(H,23,24). The van der Waals surface area contributed by atoms with Crippen LogP contribution < -0.4 is 4.74 Å². The zero-order valence-corrected chi connectivity index (χ0v) is 15.4. The Morgan fingerprint density at radius 2 is 2.00 bits per heavy atom. The van der Waals surface area contributed by atoms with E-state index in [2.05, 4.69) is 14.9 Å². The average Bonchev–Trinajstić information content (AvgIpc) is 3.07. The molecule has 0 atom stereocenters. The molecule has 0 spiro atoms. The van der Waals surface area contributed by atoms with Crippen LogP contribution >= 0.6 is 11.3 Å². The fraction of sp³-hybridized carbons (Fsp3) is 0.316. The van der Waals surface area contributed by atoms with Gasteiger partial charge in [-0.25, -0.2) is 14.8 Å². The number of hydrogen-bond donors (Lipinski definition) is 1. The summed E-state index contributed by atoms with van der Waals surface area (Å²) >= 11 is 1.42. The number of thiazole rings is 1. The van der Waals surface area contributed by atoms with Gasteiger partial charge in [0.25, 0.3) is 5.19 Å². The highest BCUT2D eigenvalue weighted by molar-refractivity contribution is 7.19. The number of nitrogens with zero attached hydrogens (tertiary/aromatic N) is 3. The van der Waals surface area contributed by atoms with Crippen LogP contribution in [0.2, 0.25) is 0 Å². The summed E-state index contributed by atoms with van der Waals surface area (Å²) in [4.78, 5) is 22.5. The van der Waals surface area contributed by atoms with E-state index in [1.807, 2.05) is 36.4 Å². The average molecular weight is 385 g/mol. The third kappa shape index (κ3) is 4.53. The SMILES string of the molecule is O=C(O)OC1CCN(Cc2ccc(Oc3nc4cccnc4s3)cc2)CC1. The number of fused-ring (bicyclic) bond motifs is 1. The largest absolute Gasteiger partial charge is 0.506 e. The van der Waals surface area contributed by atoms with Crippen LogP contribution in [0.5, 0.6) is 10.9 Å². The molecule has 0 radical (unpaired) electrons. The Hall–Kier alpha value is -2.71. The highest BCUT2D eigenvalue weighted by Gasteiger charge is 2.22. The minimum atomic E-state index is -1.19. The zero-order valence-electron chi connectivity index (χ0n) is 14.6. The number of benzene rings is 1. The minimum absolute atomic E-state index is 0.183. The van der Waals surface area contributed by atoms with E-state index in [0.717, 1.165) is 48.6 Å². The van der Waals surface area contributed by atoms with Gasteiger partial charge in [-0.2, -0.15) is 0 Å². The summed E-state index contributed by atoms with van der Waals surface area (Å²) in [6, 6.07) is 11.7. The molecule has 0 aliphatic carbocycles. The third-order valence-corrected chi connectivity index (χ3v) is 5.34. The van der Waals surface area contributed by atoms with E-state index >= 15 is 0 Å². The molecule has 0 bridgehead atoms. The maximum atomic E-state index is 10.6. The molecule has 3 aromatic rings. The van der Waals surface area contributed by atoms with Crippen molar-refractivity contribution in [2.45, 2.75) is 25.5 Å². The number of carbonyl (C=O) groups is 1. The first-order valence-corrected chi connectivity index (χ1v) is 9.58. The first-order chi connectivity index (χ1) is 13.2. The molecule has 1 aliphatic heterocycles. The highest BCUT2D eigenvalue weighted by Crippen LogP contribution is 2.30. The van der Waals surface area contributed by atoms with E-state index in [9.17, 15) is 4.79 Å². The fourth-order valence-corrected chi connectivity index (χ4v) is 3.92. The van der Waals surface area contributed by atoms with Crippen molar-refractivity contribution in [2.24, 2.45) is 0 Å². The number of hydrogen-bond acceptors (Lipinski definition) is 7. The van der Waals surface area contributed by atoms with E-state index in [1.165, 1.54) is 16.9 Å². The van der Waals surface area contributed by atoms with Gasteiger partial charge in [0.15, 0.2) is 0 Å². The van der Waals surface area contributed by atoms with E-state index in [0.29, 0.717) is 5.19 Å². The van der Waals surface area contributed by atoms with Crippen molar-refractivity contribution < 1.29 is 19.4 Å². The van der Waals surface area contributed by atoms with Crippen molar-refractivity contribution in [1.29, 1.82) is 0 Å². The van der Waals surface area contributed by atoms with Gasteiger partial charge in [0.2, 0.25) is 0 Å². The molecule has 2 aromatic heterocycles. The molecule has 1 aliphatic rings. The monoisotopic (exact) mass is 385 g/mol. The van der Waals surface area contributed by atoms with Crippen LogP contribution in [-0.4, -0.2) is 45.3 Å². The lowest BCUT2D eigenvalue weighted by Crippen LogP contribution is -2.37. The molecule has 1 aromatic carbocycles. The number of rotatable bonds is 5. The Bertz CT molecular complexity index is 887. The van der Waals surface area contributed by atoms with Gasteiger partial charge in [-0.1, -0.05) is 23.5 Å². The molecule has 7 nitrogen and oxygen atoms in total. The van der Waals surface area contributed by atoms with Gasteiger partial charge >= 0.3 is 6.16 Å².